The first-order chi connectivity index (χ1) is 13.1. The minimum atomic E-state index is -0.486. The number of nitrogens with one attached hydrogen (secondary N) is 1. The Morgan fingerprint density at radius 1 is 1.11 bits per heavy atom. The highest BCUT2D eigenvalue weighted by molar-refractivity contribution is 6.04. The number of para-hydroxylation sites is 1. The molecule has 0 radical (unpaired) electrons. The predicted molar refractivity (Wildman–Crippen MR) is 107 cm³/mol. The molecule has 3 N–H and O–H groups in total. The average molecular weight is 357 g/mol. The summed E-state index contributed by atoms with van der Waals surface area (Å²) in [5.41, 5.74) is 9.50. The number of nitrogens with zero attached hydrogens (tertiary/aromatic N) is 1. The van der Waals surface area contributed by atoms with Crippen LogP contribution < -0.4 is 11.1 Å². The maximum absolute atomic E-state index is 12.8. The third kappa shape index (κ3) is 3.58. The van der Waals surface area contributed by atoms with Crippen molar-refractivity contribution >= 4 is 40.4 Å². The van der Waals surface area contributed by atoms with E-state index in [-0.39, 0.29) is 11.7 Å². The molecular formula is C22H19N3O2. The molecule has 1 amide bonds. The van der Waals surface area contributed by atoms with Crippen molar-refractivity contribution in [3.05, 3.63) is 71.4 Å². The van der Waals surface area contributed by atoms with Gasteiger partial charge in [-0.15, -0.1) is 0 Å². The van der Waals surface area contributed by atoms with E-state index in [9.17, 15) is 9.59 Å². The van der Waals surface area contributed by atoms with Crippen LogP contribution in [0.25, 0.3) is 23.1 Å². The third-order valence-electron chi connectivity index (χ3n) is 4.70. The topological polar surface area (TPSA) is 85.1 Å². The van der Waals surface area contributed by atoms with Crippen molar-refractivity contribution in [1.29, 1.82) is 0 Å². The van der Waals surface area contributed by atoms with E-state index in [1.54, 1.807) is 6.07 Å². The molecule has 1 fully saturated rings. The SMILES string of the molecule is Nc1ccc(C=Cc2cc(C(=O)[C@@H]3CCC(=O)N3)nc3ccccc23)cc1. The molecule has 0 unspecified atom stereocenters. The van der Waals surface area contributed by atoms with Gasteiger partial charge in [0.15, 0.2) is 0 Å². The van der Waals surface area contributed by atoms with Crippen LogP contribution in [0.4, 0.5) is 5.69 Å². The fraction of sp³-hybridized carbons (Fsp3) is 0.136. The Morgan fingerprint density at radius 2 is 1.89 bits per heavy atom. The summed E-state index contributed by atoms with van der Waals surface area (Å²) >= 11 is 0. The Labute approximate surface area is 156 Å². The average Bonchev–Trinajstić information content (AvgIpc) is 3.13. The molecule has 4 rings (SSSR count). The van der Waals surface area contributed by atoms with Gasteiger partial charge in [0, 0.05) is 17.5 Å². The van der Waals surface area contributed by atoms with Crippen LogP contribution in [-0.4, -0.2) is 22.7 Å². The van der Waals surface area contributed by atoms with Gasteiger partial charge in [0.1, 0.15) is 5.69 Å². The summed E-state index contributed by atoms with van der Waals surface area (Å²) in [6.07, 6.45) is 4.85. The molecule has 0 bridgehead atoms. The molecule has 0 saturated carbocycles. The number of fused-ring (bicyclic) bond motifs is 1. The number of nitrogens with two attached hydrogens (primary N) is 1. The van der Waals surface area contributed by atoms with Crippen molar-refractivity contribution in [2.75, 3.05) is 5.73 Å². The lowest BCUT2D eigenvalue weighted by atomic mass is 10.0. The highest BCUT2D eigenvalue weighted by atomic mass is 16.2. The maximum atomic E-state index is 12.8. The second-order valence-corrected chi connectivity index (χ2v) is 6.64. The molecule has 0 aliphatic carbocycles. The highest BCUT2D eigenvalue weighted by Crippen LogP contribution is 2.23. The first kappa shape index (κ1) is 17.0. The second-order valence-electron chi connectivity index (χ2n) is 6.64. The number of pyridine rings is 1. The van der Waals surface area contributed by atoms with E-state index in [0.717, 1.165) is 22.0 Å². The lowest BCUT2D eigenvalue weighted by Crippen LogP contribution is -2.33. The van der Waals surface area contributed by atoms with Crippen LogP contribution in [0.1, 0.15) is 34.5 Å². The number of aromatic nitrogens is 1. The van der Waals surface area contributed by atoms with Gasteiger partial charge in [-0.1, -0.05) is 42.5 Å². The molecule has 1 saturated heterocycles. The quantitative estimate of drug-likeness (QED) is 0.553. The van der Waals surface area contributed by atoms with Crippen LogP contribution in [0.5, 0.6) is 0 Å². The van der Waals surface area contributed by atoms with Crippen LogP contribution in [-0.2, 0) is 4.79 Å². The molecule has 1 aliphatic rings. The fourth-order valence-electron chi connectivity index (χ4n) is 3.25. The largest absolute Gasteiger partial charge is 0.399 e. The first-order valence-electron chi connectivity index (χ1n) is 8.87. The highest BCUT2D eigenvalue weighted by Gasteiger charge is 2.29. The Hall–Kier alpha value is -3.47. The fourth-order valence-corrected chi connectivity index (χ4v) is 3.25. The number of ketones is 1. The van der Waals surface area contributed by atoms with Gasteiger partial charge < -0.3 is 11.1 Å². The number of amides is 1. The van der Waals surface area contributed by atoms with Gasteiger partial charge in [0.2, 0.25) is 11.7 Å². The van der Waals surface area contributed by atoms with E-state index in [1.165, 1.54) is 0 Å². The van der Waals surface area contributed by atoms with Crippen molar-refractivity contribution in [3.8, 4) is 0 Å². The number of anilines is 1. The van der Waals surface area contributed by atoms with E-state index >= 15 is 0 Å². The normalized spacial score (nSPS) is 16.7. The molecule has 2 heterocycles. The van der Waals surface area contributed by atoms with Crippen molar-refractivity contribution in [2.24, 2.45) is 0 Å². The number of rotatable bonds is 4. The number of hydrogen-bond donors (Lipinski definition) is 2. The van der Waals surface area contributed by atoms with Gasteiger partial charge in [-0.3, -0.25) is 9.59 Å². The summed E-state index contributed by atoms with van der Waals surface area (Å²) < 4.78 is 0. The van der Waals surface area contributed by atoms with E-state index in [4.69, 9.17) is 5.73 Å². The van der Waals surface area contributed by atoms with Crippen LogP contribution in [0.3, 0.4) is 0 Å². The van der Waals surface area contributed by atoms with Gasteiger partial charge in [-0.2, -0.15) is 0 Å². The molecule has 27 heavy (non-hydrogen) atoms. The van der Waals surface area contributed by atoms with E-state index in [2.05, 4.69) is 10.3 Å². The van der Waals surface area contributed by atoms with Crippen molar-refractivity contribution in [3.63, 3.8) is 0 Å². The number of Topliss-reactive ketones (excluding diaryl/α,β-unsaturated/α-hetero) is 1. The molecule has 3 aromatic rings. The second kappa shape index (κ2) is 7.03. The summed E-state index contributed by atoms with van der Waals surface area (Å²) in [5, 5.41) is 3.69. The molecule has 5 nitrogen and oxygen atoms in total. The molecule has 0 spiro atoms. The lowest BCUT2D eigenvalue weighted by Gasteiger charge is -2.10. The zero-order valence-electron chi connectivity index (χ0n) is 14.7. The molecule has 1 atom stereocenters. The molecular weight excluding hydrogens is 338 g/mol. The lowest BCUT2D eigenvalue weighted by molar-refractivity contribution is -0.119. The Morgan fingerprint density at radius 3 is 2.63 bits per heavy atom. The van der Waals surface area contributed by atoms with Gasteiger partial charge in [-0.25, -0.2) is 4.98 Å². The predicted octanol–water partition coefficient (Wildman–Crippen LogP) is 3.45. The van der Waals surface area contributed by atoms with Crippen LogP contribution in [0.2, 0.25) is 0 Å². The van der Waals surface area contributed by atoms with Crippen molar-refractivity contribution < 1.29 is 9.59 Å². The minimum Gasteiger partial charge on any atom is -0.399 e. The van der Waals surface area contributed by atoms with Crippen molar-refractivity contribution in [1.82, 2.24) is 10.3 Å². The summed E-state index contributed by atoms with van der Waals surface area (Å²) in [4.78, 5) is 28.8. The smallest absolute Gasteiger partial charge is 0.220 e. The third-order valence-corrected chi connectivity index (χ3v) is 4.70. The van der Waals surface area contributed by atoms with E-state index < -0.39 is 6.04 Å². The molecule has 1 aromatic heterocycles. The van der Waals surface area contributed by atoms with Gasteiger partial charge in [0.25, 0.3) is 0 Å². The van der Waals surface area contributed by atoms with Crippen LogP contribution in [0.15, 0.2) is 54.6 Å². The zero-order valence-corrected chi connectivity index (χ0v) is 14.7. The Kier molecular flexibility index (Phi) is 4.42. The molecule has 5 heteroatoms. The number of benzene rings is 2. The van der Waals surface area contributed by atoms with Gasteiger partial charge in [0.05, 0.1) is 11.6 Å². The van der Waals surface area contributed by atoms with Gasteiger partial charge in [-0.05, 0) is 41.8 Å². The first-order valence-corrected chi connectivity index (χ1v) is 8.87. The minimum absolute atomic E-state index is 0.0855. The number of carbonyl (C=O) groups excluding carboxylic acids is 2. The van der Waals surface area contributed by atoms with Gasteiger partial charge >= 0.3 is 0 Å². The standard InChI is InChI=1S/C22H19N3O2/c23-16-9-6-14(7-10-16)5-8-15-13-20(22(27)19-11-12-21(26)25-19)24-18-4-2-1-3-17(15)18/h1-10,13,19H,11-12,23H2,(H,25,26)/t19-/m0/s1. The number of hydrogen-bond acceptors (Lipinski definition) is 4. The summed E-state index contributed by atoms with van der Waals surface area (Å²) in [6, 6.07) is 16.6. The van der Waals surface area contributed by atoms with Crippen LogP contribution >= 0.6 is 0 Å². The monoisotopic (exact) mass is 357 g/mol. The summed E-state index contributed by atoms with van der Waals surface area (Å²) in [7, 11) is 0. The molecule has 2 aromatic carbocycles. The molecule has 1 aliphatic heterocycles. The summed E-state index contributed by atoms with van der Waals surface area (Å²) in [6.45, 7) is 0. The maximum Gasteiger partial charge on any atom is 0.220 e. The van der Waals surface area contributed by atoms with Crippen LogP contribution in [0, 0.1) is 0 Å². The van der Waals surface area contributed by atoms with E-state index in [0.29, 0.717) is 24.2 Å². The number of carbonyl (C=O) groups is 2. The summed E-state index contributed by atoms with van der Waals surface area (Å²) in [5.74, 6) is -0.230. The van der Waals surface area contributed by atoms with Crippen molar-refractivity contribution in [2.45, 2.75) is 18.9 Å². The zero-order chi connectivity index (χ0) is 18.8. The Bertz CT molecular complexity index is 1050. The van der Waals surface area contributed by atoms with E-state index in [1.807, 2.05) is 60.7 Å². The molecule has 134 valence electrons. The Balaban J connectivity index is 1.73. The number of nitrogen functional groups attached to an aromatic ring is 1.